The number of amidine groups is 1. The van der Waals surface area contributed by atoms with Gasteiger partial charge in [0, 0.05) is 34.2 Å². The first kappa shape index (κ1) is 13.1. The van der Waals surface area contributed by atoms with Crippen molar-refractivity contribution in [2.24, 2.45) is 11.1 Å². The fourth-order valence-corrected chi connectivity index (χ4v) is 3.83. The first-order chi connectivity index (χ1) is 7.99. The molecule has 0 atom stereocenters. The minimum absolute atomic E-state index is 0.301. The predicted molar refractivity (Wildman–Crippen MR) is 76.6 cm³/mol. The second-order valence-electron chi connectivity index (χ2n) is 5.11. The lowest BCUT2D eigenvalue weighted by Crippen LogP contribution is -2.29. The minimum Gasteiger partial charge on any atom is -0.388 e. The van der Waals surface area contributed by atoms with Gasteiger partial charge in [0.2, 0.25) is 0 Å². The Bertz CT molecular complexity index is 412. The van der Waals surface area contributed by atoms with Crippen molar-refractivity contribution in [1.82, 2.24) is 4.90 Å². The van der Waals surface area contributed by atoms with Gasteiger partial charge in [0.05, 0.1) is 5.84 Å². The van der Waals surface area contributed by atoms with Crippen LogP contribution >= 0.6 is 27.3 Å². The molecule has 2 rings (SSSR count). The molecule has 1 aromatic rings. The summed E-state index contributed by atoms with van der Waals surface area (Å²) < 4.78 is 1.16. The van der Waals surface area contributed by atoms with E-state index < -0.39 is 0 Å². The smallest absolute Gasteiger partial charge is 0.0911 e. The first-order valence-electron chi connectivity index (χ1n) is 5.73. The van der Waals surface area contributed by atoms with E-state index in [4.69, 9.17) is 11.1 Å². The summed E-state index contributed by atoms with van der Waals surface area (Å²) in [6.07, 6.45) is 3.18. The summed E-state index contributed by atoms with van der Waals surface area (Å²) in [6.45, 7) is 2.03. The number of halogens is 1. The maximum Gasteiger partial charge on any atom is 0.0911 e. The average Bonchev–Trinajstić information content (AvgIpc) is 2.80. The maximum atomic E-state index is 7.41. The Morgan fingerprint density at radius 3 is 2.82 bits per heavy atom. The zero-order chi connectivity index (χ0) is 12.5. The normalized spacial score (nSPS) is 17.4. The second-order valence-corrected chi connectivity index (χ2v) is 7.02. The van der Waals surface area contributed by atoms with Gasteiger partial charge in [-0.2, -0.15) is 0 Å². The molecule has 1 fully saturated rings. The van der Waals surface area contributed by atoms with E-state index >= 15 is 0 Å². The molecule has 17 heavy (non-hydrogen) atoms. The summed E-state index contributed by atoms with van der Waals surface area (Å²) >= 11 is 5.26. The minimum atomic E-state index is 0.301. The Labute approximate surface area is 115 Å². The molecule has 1 heterocycles. The van der Waals surface area contributed by atoms with Crippen LogP contribution in [0.5, 0.6) is 0 Å². The number of nitrogens with one attached hydrogen (secondary N) is 1. The molecule has 1 aliphatic rings. The summed E-state index contributed by atoms with van der Waals surface area (Å²) in [5.41, 5.74) is 5.81. The van der Waals surface area contributed by atoms with Crippen molar-refractivity contribution in [2.45, 2.75) is 25.8 Å². The summed E-state index contributed by atoms with van der Waals surface area (Å²) in [7, 11) is 2.15. The van der Waals surface area contributed by atoms with Crippen LogP contribution in [0.1, 0.15) is 24.1 Å². The van der Waals surface area contributed by atoms with Crippen molar-refractivity contribution in [1.29, 1.82) is 5.41 Å². The van der Waals surface area contributed by atoms with Crippen LogP contribution in [0.3, 0.4) is 0 Å². The molecule has 1 aromatic heterocycles. The molecular formula is C12H18BrN3S. The number of hydrogen-bond donors (Lipinski definition) is 2. The lowest BCUT2D eigenvalue weighted by atomic mass is 10.0. The van der Waals surface area contributed by atoms with E-state index in [0.29, 0.717) is 11.3 Å². The molecule has 0 aromatic carbocycles. The molecule has 1 aliphatic carbocycles. The molecule has 94 valence electrons. The van der Waals surface area contributed by atoms with Crippen molar-refractivity contribution in [2.75, 3.05) is 13.6 Å². The molecule has 0 spiro atoms. The molecule has 5 heteroatoms. The van der Waals surface area contributed by atoms with Gasteiger partial charge in [0.1, 0.15) is 0 Å². The van der Waals surface area contributed by atoms with Crippen LogP contribution < -0.4 is 5.73 Å². The number of nitrogens with zero attached hydrogens (tertiary/aromatic N) is 1. The van der Waals surface area contributed by atoms with E-state index in [1.165, 1.54) is 17.7 Å². The van der Waals surface area contributed by atoms with Gasteiger partial charge in [-0.25, -0.2) is 0 Å². The van der Waals surface area contributed by atoms with Gasteiger partial charge in [0.15, 0.2) is 0 Å². The fourth-order valence-electron chi connectivity index (χ4n) is 2.30. The van der Waals surface area contributed by atoms with Crippen molar-refractivity contribution >= 4 is 33.1 Å². The molecule has 1 saturated carbocycles. The highest BCUT2D eigenvalue weighted by atomic mass is 79.9. The van der Waals surface area contributed by atoms with Crippen LogP contribution in [-0.4, -0.2) is 24.3 Å². The molecule has 3 nitrogen and oxygen atoms in total. The Kier molecular flexibility index (Phi) is 3.90. The van der Waals surface area contributed by atoms with Crippen LogP contribution in [0.4, 0.5) is 0 Å². The molecule has 0 amide bonds. The van der Waals surface area contributed by atoms with Gasteiger partial charge in [-0.3, -0.25) is 5.41 Å². The third-order valence-electron chi connectivity index (χ3n) is 3.18. The summed E-state index contributed by atoms with van der Waals surface area (Å²) in [6, 6.07) is 2.17. The Balaban J connectivity index is 1.85. The van der Waals surface area contributed by atoms with Crippen LogP contribution in [0.2, 0.25) is 0 Å². The largest absolute Gasteiger partial charge is 0.388 e. The summed E-state index contributed by atoms with van der Waals surface area (Å²) in [4.78, 5) is 3.71. The standard InChI is InChI=1S/C12H18BrN3S/c1-16(6-10-4-9(13)7-17-10)8-12(2-3-12)5-11(14)15/h4,7H,2-3,5-6,8H2,1H3,(H3,14,15). The van der Waals surface area contributed by atoms with Gasteiger partial charge in [0.25, 0.3) is 0 Å². The Morgan fingerprint density at radius 2 is 2.35 bits per heavy atom. The van der Waals surface area contributed by atoms with E-state index in [-0.39, 0.29) is 0 Å². The molecule has 0 aliphatic heterocycles. The lowest BCUT2D eigenvalue weighted by Gasteiger charge is -2.22. The average molecular weight is 316 g/mol. The van der Waals surface area contributed by atoms with E-state index in [1.807, 2.05) is 0 Å². The maximum absolute atomic E-state index is 7.41. The van der Waals surface area contributed by atoms with Gasteiger partial charge >= 0.3 is 0 Å². The predicted octanol–water partition coefficient (Wildman–Crippen LogP) is 3.05. The van der Waals surface area contributed by atoms with Crippen molar-refractivity contribution < 1.29 is 0 Å². The molecule has 0 unspecified atom stereocenters. The van der Waals surface area contributed by atoms with Crippen molar-refractivity contribution in [3.05, 3.63) is 20.8 Å². The number of thiophene rings is 1. The summed E-state index contributed by atoms with van der Waals surface area (Å²) in [5.74, 6) is 0.328. The number of rotatable bonds is 6. The molecule has 3 N–H and O–H groups in total. The van der Waals surface area contributed by atoms with Gasteiger partial charge in [-0.1, -0.05) is 0 Å². The molecule has 0 saturated heterocycles. The SMILES string of the molecule is CN(Cc1cc(Br)cs1)CC1(CC(=N)N)CC1. The quantitative estimate of drug-likeness (QED) is 0.626. The Hall–Kier alpha value is -0.390. The van der Waals surface area contributed by atoms with E-state index in [0.717, 1.165) is 24.0 Å². The topological polar surface area (TPSA) is 53.1 Å². The summed E-state index contributed by atoms with van der Waals surface area (Å²) in [5, 5.41) is 9.53. The van der Waals surface area contributed by atoms with E-state index in [2.05, 4.69) is 39.3 Å². The Morgan fingerprint density at radius 1 is 1.65 bits per heavy atom. The van der Waals surface area contributed by atoms with Crippen molar-refractivity contribution in [3.63, 3.8) is 0 Å². The monoisotopic (exact) mass is 315 g/mol. The van der Waals surface area contributed by atoms with E-state index in [1.54, 1.807) is 11.3 Å². The molecular weight excluding hydrogens is 298 g/mol. The molecule has 0 bridgehead atoms. The third-order valence-corrected chi connectivity index (χ3v) is 4.86. The third kappa shape index (κ3) is 3.79. The highest BCUT2D eigenvalue weighted by Crippen LogP contribution is 2.49. The van der Waals surface area contributed by atoms with Crippen LogP contribution in [0.25, 0.3) is 0 Å². The first-order valence-corrected chi connectivity index (χ1v) is 7.41. The van der Waals surface area contributed by atoms with Crippen LogP contribution in [0.15, 0.2) is 15.9 Å². The van der Waals surface area contributed by atoms with Gasteiger partial charge < -0.3 is 10.6 Å². The van der Waals surface area contributed by atoms with Gasteiger partial charge in [-0.05, 0) is 47.3 Å². The highest BCUT2D eigenvalue weighted by molar-refractivity contribution is 9.10. The lowest BCUT2D eigenvalue weighted by molar-refractivity contribution is 0.261. The van der Waals surface area contributed by atoms with Crippen LogP contribution in [-0.2, 0) is 6.54 Å². The zero-order valence-corrected chi connectivity index (χ0v) is 12.4. The number of hydrogen-bond acceptors (Lipinski definition) is 3. The van der Waals surface area contributed by atoms with Crippen molar-refractivity contribution in [3.8, 4) is 0 Å². The molecule has 0 radical (unpaired) electrons. The number of nitrogens with two attached hydrogens (primary N) is 1. The van der Waals surface area contributed by atoms with Crippen LogP contribution in [0, 0.1) is 10.8 Å². The van der Waals surface area contributed by atoms with E-state index in [9.17, 15) is 0 Å². The fraction of sp³-hybridized carbons (Fsp3) is 0.583. The zero-order valence-electron chi connectivity index (χ0n) is 10.0. The second kappa shape index (κ2) is 5.08. The van der Waals surface area contributed by atoms with Gasteiger partial charge in [-0.15, -0.1) is 11.3 Å². The highest BCUT2D eigenvalue weighted by Gasteiger charge is 2.43.